The number of nitrogens with two attached hydrogens (primary N) is 1. The van der Waals surface area contributed by atoms with Gasteiger partial charge in [0.15, 0.2) is 0 Å². The van der Waals surface area contributed by atoms with Crippen LogP contribution in [0.25, 0.3) is 0 Å². The SMILES string of the molecule is COCCNC(=O)C(C)NC(=O)C(N)c1ccc(C)cc1. The lowest BCUT2D eigenvalue weighted by Gasteiger charge is -2.17. The van der Waals surface area contributed by atoms with Crippen molar-refractivity contribution in [3.05, 3.63) is 35.4 Å². The van der Waals surface area contributed by atoms with Gasteiger partial charge in [0.2, 0.25) is 11.8 Å². The number of carbonyl (C=O) groups is 2. The van der Waals surface area contributed by atoms with Crippen LogP contribution < -0.4 is 16.4 Å². The molecule has 1 aromatic carbocycles. The first-order chi connectivity index (χ1) is 9.95. The highest BCUT2D eigenvalue weighted by Crippen LogP contribution is 2.11. The van der Waals surface area contributed by atoms with E-state index in [2.05, 4.69) is 10.6 Å². The fourth-order valence-corrected chi connectivity index (χ4v) is 1.72. The molecule has 0 fully saturated rings. The molecule has 0 saturated heterocycles. The second kappa shape index (κ2) is 8.39. The Kier molecular flexibility index (Phi) is 6.84. The monoisotopic (exact) mass is 293 g/mol. The molecular weight excluding hydrogens is 270 g/mol. The summed E-state index contributed by atoms with van der Waals surface area (Å²) < 4.78 is 4.84. The van der Waals surface area contributed by atoms with E-state index >= 15 is 0 Å². The average molecular weight is 293 g/mol. The number of amides is 2. The maximum atomic E-state index is 12.0. The Morgan fingerprint density at radius 1 is 1.24 bits per heavy atom. The first-order valence-electron chi connectivity index (χ1n) is 6.85. The van der Waals surface area contributed by atoms with Crippen LogP contribution in [-0.4, -0.2) is 38.1 Å². The van der Waals surface area contributed by atoms with Crippen molar-refractivity contribution >= 4 is 11.8 Å². The molecule has 0 spiro atoms. The van der Waals surface area contributed by atoms with Gasteiger partial charge in [0.05, 0.1) is 6.61 Å². The maximum Gasteiger partial charge on any atom is 0.242 e. The quantitative estimate of drug-likeness (QED) is 0.629. The van der Waals surface area contributed by atoms with Crippen LogP contribution in [0.1, 0.15) is 24.1 Å². The molecule has 0 aromatic heterocycles. The van der Waals surface area contributed by atoms with Crippen LogP contribution in [0.3, 0.4) is 0 Å². The Morgan fingerprint density at radius 2 is 1.86 bits per heavy atom. The Morgan fingerprint density at radius 3 is 2.43 bits per heavy atom. The van der Waals surface area contributed by atoms with Crippen LogP contribution in [0, 0.1) is 6.92 Å². The van der Waals surface area contributed by atoms with Crippen molar-refractivity contribution in [2.45, 2.75) is 25.9 Å². The fourth-order valence-electron chi connectivity index (χ4n) is 1.72. The standard InChI is InChI=1S/C15H23N3O3/c1-10-4-6-12(7-5-10)13(16)15(20)18-11(2)14(19)17-8-9-21-3/h4-7,11,13H,8-9,16H2,1-3H3,(H,17,19)(H,18,20). The summed E-state index contributed by atoms with van der Waals surface area (Å²) in [4.78, 5) is 23.8. The van der Waals surface area contributed by atoms with Crippen LogP contribution >= 0.6 is 0 Å². The van der Waals surface area contributed by atoms with Gasteiger partial charge in [0.1, 0.15) is 12.1 Å². The van der Waals surface area contributed by atoms with Gasteiger partial charge in [0.25, 0.3) is 0 Å². The summed E-state index contributed by atoms with van der Waals surface area (Å²) in [5, 5.41) is 5.26. The van der Waals surface area contributed by atoms with Gasteiger partial charge in [-0.05, 0) is 19.4 Å². The summed E-state index contributed by atoms with van der Waals surface area (Å²) in [5.41, 5.74) is 7.70. The Hall–Kier alpha value is -1.92. The highest BCUT2D eigenvalue weighted by Gasteiger charge is 2.20. The van der Waals surface area contributed by atoms with Crippen LogP contribution in [0.2, 0.25) is 0 Å². The van der Waals surface area contributed by atoms with Gasteiger partial charge >= 0.3 is 0 Å². The van der Waals surface area contributed by atoms with Crippen LogP contribution in [0.5, 0.6) is 0 Å². The van der Waals surface area contributed by atoms with Crippen LogP contribution in [-0.2, 0) is 14.3 Å². The van der Waals surface area contributed by atoms with E-state index in [4.69, 9.17) is 10.5 Å². The molecule has 116 valence electrons. The van der Waals surface area contributed by atoms with Crippen molar-refractivity contribution in [2.75, 3.05) is 20.3 Å². The molecule has 0 aliphatic rings. The summed E-state index contributed by atoms with van der Waals surface area (Å²) in [6, 6.07) is 5.96. The topological polar surface area (TPSA) is 93.5 Å². The van der Waals surface area contributed by atoms with E-state index in [0.717, 1.165) is 5.56 Å². The first kappa shape index (κ1) is 17.1. The van der Waals surface area contributed by atoms with Gasteiger partial charge < -0.3 is 21.1 Å². The number of hydrogen-bond acceptors (Lipinski definition) is 4. The number of ether oxygens (including phenoxy) is 1. The second-order valence-corrected chi connectivity index (χ2v) is 4.90. The summed E-state index contributed by atoms with van der Waals surface area (Å²) in [6.45, 7) is 4.40. The van der Waals surface area contributed by atoms with E-state index < -0.39 is 12.1 Å². The van der Waals surface area contributed by atoms with Gasteiger partial charge in [-0.2, -0.15) is 0 Å². The second-order valence-electron chi connectivity index (χ2n) is 4.90. The van der Waals surface area contributed by atoms with E-state index in [1.165, 1.54) is 0 Å². The zero-order valence-electron chi connectivity index (χ0n) is 12.7. The maximum absolute atomic E-state index is 12.0. The summed E-state index contributed by atoms with van der Waals surface area (Å²) >= 11 is 0. The highest BCUT2D eigenvalue weighted by atomic mass is 16.5. The largest absolute Gasteiger partial charge is 0.383 e. The molecule has 6 nitrogen and oxygen atoms in total. The molecule has 4 N–H and O–H groups in total. The Bertz CT molecular complexity index is 474. The average Bonchev–Trinajstić information content (AvgIpc) is 2.47. The van der Waals surface area contributed by atoms with Crippen molar-refractivity contribution in [1.82, 2.24) is 10.6 Å². The number of benzene rings is 1. The lowest BCUT2D eigenvalue weighted by Crippen LogP contribution is -2.48. The molecule has 2 atom stereocenters. The third-order valence-corrected chi connectivity index (χ3v) is 3.08. The van der Waals surface area contributed by atoms with E-state index in [1.807, 2.05) is 31.2 Å². The highest BCUT2D eigenvalue weighted by molar-refractivity contribution is 5.89. The van der Waals surface area contributed by atoms with E-state index in [-0.39, 0.29) is 11.8 Å². The van der Waals surface area contributed by atoms with Gasteiger partial charge in [0, 0.05) is 13.7 Å². The van der Waals surface area contributed by atoms with Crippen molar-refractivity contribution in [2.24, 2.45) is 5.73 Å². The molecule has 0 heterocycles. The fraction of sp³-hybridized carbons (Fsp3) is 0.467. The molecule has 0 aliphatic heterocycles. The smallest absolute Gasteiger partial charge is 0.242 e. The predicted molar refractivity (Wildman–Crippen MR) is 80.6 cm³/mol. The van der Waals surface area contributed by atoms with Gasteiger partial charge in [-0.25, -0.2) is 0 Å². The van der Waals surface area contributed by atoms with Gasteiger partial charge in [-0.1, -0.05) is 29.8 Å². The number of nitrogens with one attached hydrogen (secondary N) is 2. The van der Waals surface area contributed by atoms with Crippen molar-refractivity contribution in [1.29, 1.82) is 0 Å². The molecule has 21 heavy (non-hydrogen) atoms. The number of aryl methyl sites for hydroxylation is 1. The molecule has 1 aromatic rings. The summed E-state index contributed by atoms with van der Waals surface area (Å²) in [7, 11) is 1.55. The van der Waals surface area contributed by atoms with Crippen molar-refractivity contribution in [3.63, 3.8) is 0 Å². The number of methoxy groups -OCH3 is 1. The van der Waals surface area contributed by atoms with Gasteiger partial charge in [-0.3, -0.25) is 9.59 Å². The lowest BCUT2D eigenvalue weighted by molar-refractivity contribution is -0.129. The minimum absolute atomic E-state index is 0.267. The molecule has 2 amide bonds. The molecule has 6 heteroatoms. The summed E-state index contributed by atoms with van der Waals surface area (Å²) in [5.74, 6) is -0.648. The van der Waals surface area contributed by atoms with E-state index in [1.54, 1.807) is 14.0 Å². The number of hydrogen-bond donors (Lipinski definition) is 3. The predicted octanol–water partition coefficient (Wildman–Crippen LogP) is 0.262. The molecule has 2 unspecified atom stereocenters. The Balaban J connectivity index is 2.51. The number of carbonyl (C=O) groups excluding carboxylic acids is 2. The van der Waals surface area contributed by atoms with E-state index in [9.17, 15) is 9.59 Å². The molecule has 0 radical (unpaired) electrons. The normalized spacial score (nSPS) is 13.3. The minimum Gasteiger partial charge on any atom is -0.383 e. The first-order valence-corrected chi connectivity index (χ1v) is 6.85. The minimum atomic E-state index is -0.792. The van der Waals surface area contributed by atoms with Crippen LogP contribution in [0.15, 0.2) is 24.3 Å². The third-order valence-electron chi connectivity index (χ3n) is 3.08. The van der Waals surface area contributed by atoms with Crippen molar-refractivity contribution < 1.29 is 14.3 Å². The molecule has 0 aliphatic carbocycles. The van der Waals surface area contributed by atoms with Crippen LogP contribution in [0.4, 0.5) is 0 Å². The third kappa shape index (κ3) is 5.53. The summed E-state index contributed by atoms with van der Waals surface area (Å²) in [6.07, 6.45) is 0. The molecule has 0 bridgehead atoms. The van der Waals surface area contributed by atoms with E-state index in [0.29, 0.717) is 18.7 Å². The molecule has 0 saturated carbocycles. The number of rotatable bonds is 7. The van der Waals surface area contributed by atoms with Gasteiger partial charge in [-0.15, -0.1) is 0 Å². The molecular formula is C15H23N3O3. The lowest BCUT2D eigenvalue weighted by atomic mass is 10.1. The van der Waals surface area contributed by atoms with Crippen molar-refractivity contribution in [3.8, 4) is 0 Å². The zero-order chi connectivity index (χ0) is 15.8. The Labute approximate surface area is 125 Å². The zero-order valence-corrected chi connectivity index (χ0v) is 12.7. The molecule has 1 rings (SSSR count).